The number of hydrogen-bond acceptors (Lipinski definition) is 4. The van der Waals surface area contributed by atoms with Crippen molar-refractivity contribution in [3.8, 4) is 16.9 Å². The van der Waals surface area contributed by atoms with Gasteiger partial charge in [0.25, 0.3) is 0 Å². The van der Waals surface area contributed by atoms with Crippen molar-refractivity contribution >= 4 is 17.1 Å². The molecule has 4 nitrogen and oxygen atoms in total. The van der Waals surface area contributed by atoms with E-state index in [9.17, 15) is 9.50 Å². The SMILES string of the molecule is CCCCCOC(C)CCC/C=C/c1cnc2cc(-c3ccc(O)cc3F)ccc2n1. The Labute approximate surface area is 183 Å². The highest BCUT2D eigenvalue weighted by Gasteiger charge is 2.08. The minimum Gasteiger partial charge on any atom is -0.508 e. The minimum atomic E-state index is -0.465. The topological polar surface area (TPSA) is 55.2 Å². The fourth-order valence-electron chi connectivity index (χ4n) is 3.46. The van der Waals surface area contributed by atoms with Crippen LogP contribution >= 0.6 is 0 Å². The maximum Gasteiger partial charge on any atom is 0.134 e. The fourth-order valence-corrected chi connectivity index (χ4v) is 3.46. The van der Waals surface area contributed by atoms with Crippen molar-refractivity contribution in [3.05, 3.63) is 60.2 Å². The molecule has 0 aliphatic carbocycles. The zero-order valence-electron chi connectivity index (χ0n) is 18.4. The number of halogens is 1. The summed E-state index contributed by atoms with van der Waals surface area (Å²) < 4.78 is 20.0. The Balaban J connectivity index is 1.54. The largest absolute Gasteiger partial charge is 0.508 e. The number of nitrogens with zero attached hydrogens (tertiary/aromatic N) is 2. The number of aromatic hydroxyl groups is 1. The summed E-state index contributed by atoms with van der Waals surface area (Å²) in [6.45, 7) is 5.20. The zero-order chi connectivity index (χ0) is 22.1. The molecule has 0 fully saturated rings. The molecule has 0 aliphatic rings. The summed E-state index contributed by atoms with van der Waals surface area (Å²) in [5.41, 5.74) is 3.40. The molecule has 1 aromatic heterocycles. The van der Waals surface area contributed by atoms with Gasteiger partial charge in [0, 0.05) is 18.2 Å². The summed E-state index contributed by atoms with van der Waals surface area (Å²) in [5, 5.41) is 9.40. The van der Waals surface area contributed by atoms with Crippen LogP contribution in [0, 0.1) is 5.82 Å². The van der Waals surface area contributed by atoms with E-state index in [2.05, 4.69) is 29.9 Å². The van der Waals surface area contributed by atoms with Gasteiger partial charge in [-0.15, -0.1) is 0 Å². The molecule has 5 heteroatoms. The Bertz CT molecular complexity index is 1020. The first-order valence-electron chi connectivity index (χ1n) is 11.1. The van der Waals surface area contributed by atoms with E-state index in [1.807, 2.05) is 24.3 Å². The number of aromatic nitrogens is 2. The van der Waals surface area contributed by atoms with E-state index in [-0.39, 0.29) is 5.75 Å². The summed E-state index contributed by atoms with van der Waals surface area (Å²) in [5.74, 6) is -0.556. The number of allylic oxidation sites excluding steroid dienone is 1. The molecule has 3 aromatic rings. The van der Waals surface area contributed by atoms with Gasteiger partial charge in [0.15, 0.2) is 0 Å². The standard InChI is InChI=1S/C26H31FN2O2/c1-3-4-8-15-31-19(2)9-6-5-7-10-21-18-28-26-16-20(11-14-25(26)29-21)23-13-12-22(30)17-24(23)27/h7,10-14,16-19,30H,3-6,8-9,15H2,1-2H3/b10-7+. The molecule has 1 heterocycles. The summed E-state index contributed by atoms with van der Waals surface area (Å²) in [6.07, 6.45) is 12.9. The van der Waals surface area contributed by atoms with Crippen molar-refractivity contribution in [1.29, 1.82) is 0 Å². The lowest BCUT2D eigenvalue weighted by molar-refractivity contribution is 0.0566. The first kappa shape index (κ1) is 22.9. The number of phenols is 1. The van der Waals surface area contributed by atoms with Crippen LogP contribution in [0.5, 0.6) is 5.75 Å². The van der Waals surface area contributed by atoms with Crippen molar-refractivity contribution in [2.24, 2.45) is 0 Å². The Hall–Kier alpha value is -2.79. The molecule has 0 saturated heterocycles. The smallest absolute Gasteiger partial charge is 0.134 e. The molecule has 0 spiro atoms. The van der Waals surface area contributed by atoms with Crippen molar-refractivity contribution < 1.29 is 14.2 Å². The summed E-state index contributed by atoms with van der Waals surface area (Å²) >= 11 is 0. The molecule has 0 saturated carbocycles. The molecule has 1 atom stereocenters. The summed E-state index contributed by atoms with van der Waals surface area (Å²) in [6, 6.07) is 9.63. The lowest BCUT2D eigenvalue weighted by Crippen LogP contribution is -2.08. The molecule has 1 unspecified atom stereocenters. The van der Waals surface area contributed by atoms with Crippen LogP contribution in [0.3, 0.4) is 0 Å². The first-order chi connectivity index (χ1) is 15.1. The van der Waals surface area contributed by atoms with Gasteiger partial charge in [-0.05, 0) is 68.5 Å². The number of rotatable bonds is 11. The van der Waals surface area contributed by atoms with Crippen molar-refractivity contribution in [2.45, 2.75) is 58.5 Å². The Morgan fingerprint density at radius 1 is 1.10 bits per heavy atom. The average molecular weight is 423 g/mol. The van der Waals surface area contributed by atoms with E-state index in [1.165, 1.54) is 18.9 Å². The first-order valence-corrected chi connectivity index (χ1v) is 11.1. The second kappa shape index (κ2) is 11.6. The van der Waals surface area contributed by atoms with Crippen LogP contribution in [-0.2, 0) is 4.74 Å². The molecule has 0 amide bonds. The van der Waals surface area contributed by atoms with E-state index < -0.39 is 5.82 Å². The van der Waals surface area contributed by atoms with Gasteiger partial charge in [0.05, 0.1) is 29.0 Å². The van der Waals surface area contributed by atoms with E-state index in [0.717, 1.165) is 49.6 Å². The normalized spacial score (nSPS) is 12.6. The maximum absolute atomic E-state index is 14.1. The molecule has 0 bridgehead atoms. The van der Waals surface area contributed by atoms with Crippen LogP contribution in [-0.4, -0.2) is 27.8 Å². The Morgan fingerprint density at radius 3 is 2.77 bits per heavy atom. The highest BCUT2D eigenvalue weighted by atomic mass is 19.1. The number of fused-ring (bicyclic) bond motifs is 1. The number of benzene rings is 2. The lowest BCUT2D eigenvalue weighted by Gasteiger charge is -2.11. The molecule has 2 aromatic carbocycles. The quantitative estimate of drug-likeness (QED) is 0.341. The van der Waals surface area contributed by atoms with Crippen LogP contribution in [0.15, 0.2) is 48.7 Å². The van der Waals surface area contributed by atoms with Gasteiger partial charge in [-0.1, -0.05) is 31.9 Å². The van der Waals surface area contributed by atoms with Gasteiger partial charge in [-0.25, -0.2) is 9.37 Å². The predicted molar refractivity (Wildman–Crippen MR) is 124 cm³/mol. The second-order valence-corrected chi connectivity index (χ2v) is 7.88. The van der Waals surface area contributed by atoms with Gasteiger partial charge in [-0.3, -0.25) is 4.98 Å². The van der Waals surface area contributed by atoms with Crippen LogP contribution in [0.25, 0.3) is 28.2 Å². The highest BCUT2D eigenvalue weighted by Crippen LogP contribution is 2.27. The fraction of sp³-hybridized carbons (Fsp3) is 0.385. The third-order valence-electron chi connectivity index (χ3n) is 5.24. The monoisotopic (exact) mass is 422 g/mol. The van der Waals surface area contributed by atoms with Crippen molar-refractivity contribution in [2.75, 3.05) is 6.61 Å². The molecule has 164 valence electrons. The third kappa shape index (κ3) is 6.86. The number of ether oxygens (including phenoxy) is 1. The van der Waals surface area contributed by atoms with Crippen LogP contribution in [0.4, 0.5) is 4.39 Å². The van der Waals surface area contributed by atoms with Crippen LogP contribution in [0.2, 0.25) is 0 Å². The van der Waals surface area contributed by atoms with E-state index in [1.54, 1.807) is 12.3 Å². The zero-order valence-corrected chi connectivity index (χ0v) is 18.4. The third-order valence-corrected chi connectivity index (χ3v) is 5.24. The van der Waals surface area contributed by atoms with Crippen molar-refractivity contribution in [3.63, 3.8) is 0 Å². The number of phenolic OH excluding ortho intramolecular Hbond substituents is 1. The number of hydrogen-bond donors (Lipinski definition) is 1. The summed E-state index contributed by atoms with van der Waals surface area (Å²) in [7, 11) is 0. The summed E-state index contributed by atoms with van der Waals surface area (Å²) in [4.78, 5) is 9.11. The average Bonchev–Trinajstić information content (AvgIpc) is 2.76. The van der Waals surface area contributed by atoms with E-state index in [0.29, 0.717) is 22.7 Å². The van der Waals surface area contributed by atoms with Gasteiger partial charge >= 0.3 is 0 Å². The molecular formula is C26H31FN2O2. The Morgan fingerprint density at radius 2 is 1.97 bits per heavy atom. The maximum atomic E-state index is 14.1. The molecule has 1 N–H and O–H groups in total. The van der Waals surface area contributed by atoms with Crippen LogP contribution < -0.4 is 0 Å². The molecular weight excluding hydrogens is 391 g/mol. The van der Waals surface area contributed by atoms with E-state index >= 15 is 0 Å². The van der Waals surface area contributed by atoms with Crippen LogP contribution in [0.1, 0.15) is 58.1 Å². The van der Waals surface area contributed by atoms with Gasteiger partial charge in [0.2, 0.25) is 0 Å². The molecule has 0 radical (unpaired) electrons. The number of unbranched alkanes of at least 4 members (excludes halogenated alkanes) is 3. The van der Waals surface area contributed by atoms with E-state index in [4.69, 9.17) is 4.74 Å². The molecule has 3 rings (SSSR count). The highest BCUT2D eigenvalue weighted by molar-refractivity contribution is 5.82. The second-order valence-electron chi connectivity index (χ2n) is 7.88. The van der Waals surface area contributed by atoms with Crippen molar-refractivity contribution in [1.82, 2.24) is 9.97 Å². The molecule has 0 aliphatic heterocycles. The lowest BCUT2D eigenvalue weighted by atomic mass is 10.0. The van der Waals surface area contributed by atoms with Gasteiger partial charge in [-0.2, -0.15) is 0 Å². The Kier molecular flexibility index (Phi) is 8.53. The predicted octanol–water partition coefficient (Wildman–Crippen LogP) is 6.92. The van der Waals surface area contributed by atoms with Gasteiger partial charge in [0.1, 0.15) is 11.6 Å². The van der Waals surface area contributed by atoms with Gasteiger partial charge < -0.3 is 9.84 Å². The minimum absolute atomic E-state index is 0.0905. The molecule has 31 heavy (non-hydrogen) atoms.